The molecular formula is C20H23N3O7S. The van der Waals surface area contributed by atoms with Crippen molar-refractivity contribution in [1.29, 1.82) is 0 Å². The molecule has 0 saturated carbocycles. The monoisotopic (exact) mass is 449 g/mol. The van der Waals surface area contributed by atoms with Gasteiger partial charge in [0.05, 0.1) is 29.0 Å². The van der Waals surface area contributed by atoms with Crippen LogP contribution in [0.1, 0.15) is 29.8 Å². The van der Waals surface area contributed by atoms with Gasteiger partial charge in [0, 0.05) is 17.8 Å². The number of aryl methyl sites for hydroxylation is 1. The number of anilines is 2. The SMILES string of the molecule is CCOC(=O)c1cccc(NC(=O)C(C)N(c2cc([N+](=O)[O-])ccc2C)S(C)(=O)=O)c1. The van der Waals surface area contributed by atoms with Gasteiger partial charge in [-0.15, -0.1) is 0 Å². The molecule has 1 atom stereocenters. The van der Waals surface area contributed by atoms with E-state index in [9.17, 15) is 28.1 Å². The van der Waals surface area contributed by atoms with Gasteiger partial charge in [-0.05, 0) is 44.5 Å². The Labute approximate surface area is 180 Å². The third-order valence-electron chi connectivity index (χ3n) is 4.37. The van der Waals surface area contributed by atoms with Crippen molar-refractivity contribution in [1.82, 2.24) is 0 Å². The number of nitro groups is 1. The van der Waals surface area contributed by atoms with Crippen molar-refractivity contribution in [2.24, 2.45) is 0 Å². The number of hydrogen-bond donors (Lipinski definition) is 1. The summed E-state index contributed by atoms with van der Waals surface area (Å²) in [5, 5.41) is 13.7. The van der Waals surface area contributed by atoms with Gasteiger partial charge in [0.15, 0.2) is 0 Å². The summed E-state index contributed by atoms with van der Waals surface area (Å²) in [5.74, 6) is -1.24. The quantitative estimate of drug-likeness (QED) is 0.372. The summed E-state index contributed by atoms with van der Waals surface area (Å²) in [5.41, 5.74) is 0.664. The van der Waals surface area contributed by atoms with Crippen molar-refractivity contribution in [2.45, 2.75) is 26.8 Å². The van der Waals surface area contributed by atoms with E-state index in [1.165, 1.54) is 37.3 Å². The van der Waals surface area contributed by atoms with Gasteiger partial charge in [0.2, 0.25) is 15.9 Å². The Morgan fingerprint density at radius 2 is 1.90 bits per heavy atom. The summed E-state index contributed by atoms with van der Waals surface area (Å²) in [4.78, 5) is 35.2. The van der Waals surface area contributed by atoms with E-state index in [1.54, 1.807) is 19.9 Å². The Bertz CT molecular complexity index is 1120. The van der Waals surface area contributed by atoms with E-state index in [1.807, 2.05) is 0 Å². The number of esters is 1. The third-order valence-corrected chi connectivity index (χ3v) is 5.60. The molecule has 31 heavy (non-hydrogen) atoms. The first-order valence-electron chi connectivity index (χ1n) is 9.28. The second-order valence-corrected chi connectivity index (χ2v) is 8.61. The lowest BCUT2D eigenvalue weighted by molar-refractivity contribution is -0.384. The van der Waals surface area contributed by atoms with E-state index in [0.29, 0.717) is 5.56 Å². The van der Waals surface area contributed by atoms with Gasteiger partial charge in [-0.1, -0.05) is 12.1 Å². The van der Waals surface area contributed by atoms with E-state index in [0.717, 1.165) is 16.6 Å². The number of amides is 1. The number of non-ortho nitro benzene ring substituents is 1. The van der Waals surface area contributed by atoms with Crippen molar-refractivity contribution in [2.75, 3.05) is 22.5 Å². The number of carbonyl (C=O) groups is 2. The third kappa shape index (κ3) is 5.79. The van der Waals surface area contributed by atoms with Crippen LogP contribution in [0.15, 0.2) is 42.5 Å². The van der Waals surface area contributed by atoms with Gasteiger partial charge < -0.3 is 10.1 Å². The summed E-state index contributed by atoms with van der Waals surface area (Å²) in [7, 11) is -3.97. The zero-order valence-corrected chi connectivity index (χ0v) is 18.3. The van der Waals surface area contributed by atoms with Crippen molar-refractivity contribution >= 4 is 39.0 Å². The molecule has 10 nitrogen and oxygen atoms in total. The van der Waals surface area contributed by atoms with E-state index < -0.39 is 32.9 Å². The first-order valence-corrected chi connectivity index (χ1v) is 11.1. The van der Waals surface area contributed by atoms with Gasteiger partial charge in [0.1, 0.15) is 6.04 Å². The molecule has 2 rings (SSSR count). The van der Waals surface area contributed by atoms with Crippen LogP contribution in [-0.2, 0) is 19.6 Å². The molecule has 1 unspecified atom stereocenters. The molecule has 0 heterocycles. The number of rotatable bonds is 8. The second-order valence-electron chi connectivity index (χ2n) is 6.75. The summed E-state index contributed by atoms with van der Waals surface area (Å²) >= 11 is 0. The fraction of sp³-hybridized carbons (Fsp3) is 0.300. The average molecular weight is 449 g/mol. The summed E-state index contributed by atoms with van der Waals surface area (Å²) in [6.07, 6.45) is 0.913. The Kier molecular flexibility index (Phi) is 7.34. The van der Waals surface area contributed by atoms with E-state index in [2.05, 4.69) is 5.32 Å². The van der Waals surface area contributed by atoms with Gasteiger partial charge in [-0.2, -0.15) is 0 Å². The predicted molar refractivity (Wildman–Crippen MR) is 116 cm³/mol. The Morgan fingerprint density at radius 1 is 1.23 bits per heavy atom. The van der Waals surface area contributed by atoms with Crippen LogP contribution >= 0.6 is 0 Å². The Balaban J connectivity index is 2.38. The van der Waals surface area contributed by atoms with Crippen LogP contribution in [0.5, 0.6) is 0 Å². The summed E-state index contributed by atoms with van der Waals surface area (Å²) < 4.78 is 30.7. The highest BCUT2D eigenvalue weighted by atomic mass is 32.2. The standard InChI is InChI=1S/C20H23N3O7S/c1-5-30-20(25)15-7-6-8-16(11-15)21-19(24)14(3)22(31(4,28)29)18-12-17(23(26)27)10-9-13(18)2/h6-12,14H,5H2,1-4H3,(H,21,24). The molecule has 0 aromatic heterocycles. The smallest absolute Gasteiger partial charge is 0.338 e. The lowest BCUT2D eigenvalue weighted by atomic mass is 10.1. The number of ether oxygens (including phenoxy) is 1. The fourth-order valence-electron chi connectivity index (χ4n) is 2.91. The molecule has 2 aromatic carbocycles. The van der Waals surface area contributed by atoms with E-state index in [4.69, 9.17) is 4.74 Å². The minimum absolute atomic E-state index is 0.0274. The molecule has 0 bridgehead atoms. The van der Waals surface area contributed by atoms with Crippen LogP contribution in [0.2, 0.25) is 0 Å². The number of nitro benzene ring substituents is 1. The topological polar surface area (TPSA) is 136 Å². The Morgan fingerprint density at radius 3 is 2.48 bits per heavy atom. The summed E-state index contributed by atoms with van der Waals surface area (Å²) in [6, 6.07) is 8.56. The van der Waals surface area contributed by atoms with Crippen LogP contribution in [0, 0.1) is 17.0 Å². The highest BCUT2D eigenvalue weighted by Crippen LogP contribution is 2.29. The Hall–Kier alpha value is -3.47. The maximum absolute atomic E-state index is 12.8. The zero-order valence-electron chi connectivity index (χ0n) is 17.5. The number of sulfonamides is 1. The largest absolute Gasteiger partial charge is 0.462 e. The van der Waals surface area contributed by atoms with Crippen molar-refractivity contribution < 1.29 is 27.7 Å². The van der Waals surface area contributed by atoms with Crippen LogP contribution in [0.4, 0.5) is 17.1 Å². The highest BCUT2D eigenvalue weighted by Gasteiger charge is 2.31. The minimum Gasteiger partial charge on any atom is -0.462 e. The molecule has 0 radical (unpaired) electrons. The predicted octanol–water partition coefficient (Wildman–Crippen LogP) is 2.87. The molecule has 0 aliphatic rings. The van der Waals surface area contributed by atoms with Crippen LogP contribution in [0.25, 0.3) is 0 Å². The average Bonchev–Trinajstić information content (AvgIpc) is 2.68. The van der Waals surface area contributed by atoms with E-state index in [-0.39, 0.29) is 29.2 Å². The molecule has 11 heteroatoms. The van der Waals surface area contributed by atoms with Crippen LogP contribution < -0.4 is 9.62 Å². The number of nitrogens with one attached hydrogen (secondary N) is 1. The first kappa shape index (κ1) is 23.8. The van der Waals surface area contributed by atoms with Crippen molar-refractivity contribution in [3.05, 3.63) is 63.7 Å². The molecule has 0 saturated heterocycles. The van der Waals surface area contributed by atoms with E-state index >= 15 is 0 Å². The number of hydrogen-bond acceptors (Lipinski definition) is 7. The van der Waals surface area contributed by atoms with Gasteiger partial charge in [0.25, 0.3) is 5.69 Å². The lowest BCUT2D eigenvalue weighted by Gasteiger charge is -2.29. The maximum atomic E-state index is 12.8. The van der Waals surface area contributed by atoms with Gasteiger partial charge in [-0.25, -0.2) is 13.2 Å². The second kappa shape index (κ2) is 9.56. The molecular weight excluding hydrogens is 426 g/mol. The molecule has 0 fully saturated rings. The molecule has 0 spiro atoms. The highest BCUT2D eigenvalue weighted by molar-refractivity contribution is 7.92. The molecule has 1 N–H and O–H groups in total. The normalized spacial score (nSPS) is 12.0. The number of benzene rings is 2. The van der Waals surface area contributed by atoms with Crippen LogP contribution in [0.3, 0.4) is 0 Å². The van der Waals surface area contributed by atoms with Gasteiger partial charge >= 0.3 is 5.97 Å². The van der Waals surface area contributed by atoms with Gasteiger partial charge in [-0.3, -0.25) is 19.2 Å². The molecule has 0 aliphatic carbocycles. The summed E-state index contributed by atoms with van der Waals surface area (Å²) in [6.45, 7) is 4.81. The van der Waals surface area contributed by atoms with Crippen molar-refractivity contribution in [3.8, 4) is 0 Å². The zero-order chi connectivity index (χ0) is 23.3. The molecule has 1 amide bonds. The first-order chi connectivity index (χ1) is 14.5. The lowest BCUT2D eigenvalue weighted by Crippen LogP contribution is -2.45. The van der Waals surface area contributed by atoms with Crippen molar-refractivity contribution in [3.63, 3.8) is 0 Å². The fourth-order valence-corrected chi connectivity index (χ4v) is 4.14. The molecule has 0 aliphatic heterocycles. The maximum Gasteiger partial charge on any atom is 0.338 e. The number of carbonyl (C=O) groups excluding carboxylic acids is 2. The number of nitrogens with zero attached hydrogens (tertiary/aromatic N) is 2. The minimum atomic E-state index is -3.97. The molecule has 166 valence electrons. The molecule has 2 aromatic rings. The van der Waals surface area contributed by atoms with Crippen LogP contribution in [-0.4, -0.2) is 44.1 Å².